The Kier molecular flexibility index (Phi) is 2.59. The lowest BCUT2D eigenvalue weighted by Gasteiger charge is -2.08. The first-order valence-electron chi connectivity index (χ1n) is 3.21. The standard InChI is InChI=1S/C6H11FO3/c1-9-6-2-4(7)5(3-8)10-6/h4-6,8H,2-3H2,1H3/t4-,5+,6-/m0/s1. The van der Waals surface area contributed by atoms with Gasteiger partial charge in [0.15, 0.2) is 6.29 Å². The average Bonchev–Trinajstić information content (AvgIpc) is 2.30. The molecule has 60 valence electrons. The summed E-state index contributed by atoms with van der Waals surface area (Å²) >= 11 is 0. The Morgan fingerprint density at radius 1 is 1.80 bits per heavy atom. The van der Waals surface area contributed by atoms with Crippen LogP contribution in [0.25, 0.3) is 0 Å². The molecule has 0 bridgehead atoms. The van der Waals surface area contributed by atoms with Gasteiger partial charge in [-0.25, -0.2) is 4.39 Å². The molecule has 3 nitrogen and oxygen atoms in total. The third-order valence-corrected chi connectivity index (χ3v) is 1.59. The highest BCUT2D eigenvalue weighted by atomic mass is 19.1. The minimum absolute atomic E-state index is 0.224. The maximum Gasteiger partial charge on any atom is 0.160 e. The Labute approximate surface area is 58.7 Å². The molecule has 0 aromatic rings. The molecule has 1 fully saturated rings. The molecule has 0 aromatic carbocycles. The zero-order valence-electron chi connectivity index (χ0n) is 5.79. The van der Waals surface area contributed by atoms with Crippen molar-refractivity contribution >= 4 is 0 Å². The largest absolute Gasteiger partial charge is 0.394 e. The van der Waals surface area contributed by atoms with Gasteiger partial charge in [-0.1, -0.05) is 0 Å². The molecule has 0 spiro atoms. The van der Waals surface area contributed by atoms with Crippen LogP contribution in [0, 0.1) is 0 Å². The van der Waals surface area contributed by atoms with Gasteiger partial charge >= 0.3 is 0 Å². The molecule has 0 unspecified atom stereocenters. The number of methoxy groups -OCH3 is 1. The Bertz CT molecular complexity index is 109. The van der Waals surface area contributed by atoms with Crippen molar-refractivity contribution in [3.8, 4) is 0 Å². The summed E-state index contributed by atoms with van der Waals surface area (Å²) < 4.78 is 22.3. The summed E-state index contributed by atoms with van der Waals surface area (Å²) in [7, 11) is 1.46. The summed E-state index contributed by atoms with van der Waals surface area (Å²) in [6.45, 7) is -0.277. The molecular formula is C6H11FO3. The van der Waals surface area contributed by atoms with E-state index in [0.29, 0.717) is 0 Å². The van der Waals surface area contributed by atoms with E-state index < -0.39 is 18.6 Å². The van der Waals surface area contributed by atoms with Crippen molar-refractivity contribution in [2.24, 2.45) is 0 Å². The van der Waals surface area contributed by atoms with Crippen LogP contribution in [0.1, 0.15) is 6.42 Å². The van der Waals surface area contributed by atoms with Crippen molar-refractivity contribution in [3.05, 3.63) is 0 Å². The van der Waals surface area contributed by atoms with E-state index in [0.717, 1.165) is 0 Å². The van der Waals surface area contributed by atoms with Crippen molar-refractivity contribution in [2.75, 3.05) is 13.7 Å². The molecule has 1 rings (SSSR count). The number of ether oxygens (including phenoxy) is 2. The fraction of sp³-hybridized carbons (Fsp3) is 1.00. The zero-order chi connectivity index (χ0) is 7.56. The van der Waals surface area contributed by atoms with E-state index in [1.54, 1.807) is 0 Å². The first-order valence-corrected chi connectivity index (χ1v) is 3.21. The summed E-state index contributed by atoms with van der Waals surface area (Å²) in [5.41, 5.74) is 0. The molecule has 1 heterocycles. The summed E-state index contributed by atoms with van der Waals surface area (Å²) in [6, 6.07) is 0. The lowest BCUT2D eigenvalue weighted by molar-refractivity contribution is -0.125. The lowest BCUT2D eigenvalue weighted by Crippen LogP contribution is -2.21. The molecule has 0 saturated carbocycles. The van der Waals surface area contributed by atoms with Crippen molar-refractivity contribution in [1.82, 2.24) is 0 Å². The summed E-state index contributed by atoms with van der Waals surface area (Å²) in [4.78, 5) is 0. The van der Waals surface area contributed by atoms with Gasteiger partial charge in [-0.3, -0.25) is 0 Å². The maximum absolute atomic E-state index is 12.7. The topological polar surface area (TPSA) is 38.7 Å². The van der Waals surface area contributed by atoms with Gasteiger partial charge in [0.05, 0.1) is 6.61 Å². The highest BCUT2D eigenvalue weighted by Crippen LogP contribution is 2.22. The van der Waals surface area contributed by atoms with Crippen LogP contribution in [0.2, 0.25) is 0 Å². The molecule has 1 aliphatic rings. The normalized spacial score (nSPS) is 40.5. The lowest BCUT2D eigenvalue weighted by atomic mass is 10.2. The molecule has 3 atom stereocenters. The maximum atomic E-state index is 12.7. The Morgan fingerprint density at radius 3 is 2.80 bits per heavy atom. The second-order valence-corrected chi connectivity index (χ2v) is 2.27. The smallest absolute Gasteiger partial charge is 0.160 e. The van der Waals surface area contributed by atoms with Crippen LogP contribution in [0.4, 0.5) is 4.39 Å². The number of rotatable bonds is 2. The number of hydrogen-bond donors (Lipinski definition) is 1. The quantitative estimate of drug-likeness (QED) is 0.605. The molecule has 1 aliphatic heterocycles. The van der Waals surface area contributed by atoms with E-state index in [-0.39, 0.29) is 13.0 Å². The van der Waals surface area contributed by atoms with Crippen LogP contribution in [0.15, 0.2) is 0 Å². The summed E-state index contributed by atoms with van der Waals surface area (Å²) in [5.74, 6) is 0. The van der Waals surface area contributed by atoms with Crippen LogP contribution in [0.3, 0.4) is 0 Å². The van der Waals surface area contributed by atoms with Crippen LogP contribution in [-0.2, 0) is 9.47 Å². The number of aliphatic hydroxyl groups is 1. The van der Waals surface area contributed by atoms with E-state index >= 15 is 0 Å². The van der Waals surface area contributed by atoms with Crippen LogP contribution >= 0.6 is 0 Å². The third kappa shape index (κ3) is 1.45. The van der Waals surface area contributed by atoms with Gasteiger partial charge in [-0.05, 0) is 0 Å². The van der Waals surface area contributed by atoms with Gasteiger partial charge in [0, 0.05) is 13.5 Å². The van der Waals surface area contributed by atoms with Crippen molar-refractivity contribution in [3.63, 3.8) is 0 Å². The summed E-state index contributed by atoms with van der Waals surface area (Å²) in [6.07, 6.45) is -2.03. The predicted molar refractivity (Wildman–Crippen MR) is 32.3 cm³/mol. The first-order chi connectivity index (χ1) is 4.77. The number of alkyl halides is 1. The Balaban J connectivity index is 2.36. The molecule has 10 heavy (non-hydrogen) atoms. The van der Waals surface area contributed by atoms with E-state index in [1.807, 2.05) is 0 Å². The Hall–Kier alpha value is -0.190. The van der Waals surface area contributed by atoms with Gasteiger partial charge in [-0.2, -0.15) is 0 Å². The van der Waals surface area contributed by atoms with Gasteiger partial charge in [0.2, 0.25) is 0 Å². The fourth-order valence-corrected chi connectivity index (χ4v) is 0.981. The van der Waals surface area contributed by atoms with Crippen molar-refractivity contribution in [2.45, 2.75) is 25.0 Å². The molecule has 0 amide bonds. The monoisotopic (exact) mass is 150 g/mol. The number of aliphatic hydroxyl groups excluding tert-OH is 1. The number of halogens is 1. The highest BCUT2D eigenvalue weighted by molar-refractivity contribution is 4.77. The van der Waals surface area contributed by atoms with E-state index in [9.17, 15) is 4.39 Å². The second kappa shape index (κ2) is 3.27. The van der Waals surface area contributed by atoms with Gasteiger partial charge in [-0.15, -0.1) is 0 Å². The van der Waals surface area contributed by atoms with Gasteiger partial charge in [0.25, 0.3) is 0 Å². The Morgan fingerprint density at radius 2 is 2.50 bits per heavy atom. The predicted octanol–water partition coefficient (Wildman–Crippen LogP) is 0.0782. The summed E-state index contributed by atoms with van der Waals surface area (Å²) in [5, 5.41) is 8.53. The number of hydrogen-bond acceptors (Lipinski definition) is 3. The van der Waals surface area contributed by atoms with Crippen molar-refractivity contribution in [1.29, 1.82) is 0 Å². The van der Waals surface area contributed by atoms with Crippen LogP contribution in [-0.4, -0.2) is 37.4 Å². The van der Waals surface area contributed by atoms with Crippen LogP contribution in [0.5, 0.6) is 0 Å². The van der Waals surface area contributed by atoms with E-state index in [4.69, 9.17) is 14.6 Å². The van der Waals surface area contributed by atoms with E-state index in [1.165, 1.54) is 7.11 Å². The minimum atomic E-state index is -1.09. The molecule has 0 aliphatic carbocycles. The molecule has 0 radical (unpaired) electrons. The first kappa shape index (κ1) is 7.91. The highest BCUT2D eigenvalue weighted by Gasteiger charge is 2.34. The second-order valence-electron chi connectivity index (χ2n) is 2.27. The van der Waals surface area contributed by atoms with E-state index in [2.05, 4.69) is 0 Å². The average molecular weight is 150 g/mol. The van der Waals surface area contributed by atoms with Crippen LogP contribution < -0.4 is 0 Å². The molecular weight excluding hydrogens is 139 g/mol. The minimum Gasteiger partial charge on any atom is -0.394 e. The fourth-order valence-electron chi connectivity index (χ4n) is 0.981. The van der Waals surface area contributed by atoms with Gasteiger partial charge in [0.1, 0.15) is 12.3 Å². The molecule has 0 aromatic heterocycles. The molecule has 1 saturated heterocycles. The third-order valence-electron chi connectivity index (χ3n) is 1.59. The van der Waals surface area contributed by atoms with Crippen molar-refractivity contribution < 1.29 is 19.0 Å². The molecule has 1 N–H and O–H groups in total. The zero-order valence-corrected chi connectivity index (χ0v) is 5.79. The SMILES string of the molecule is CO[C@@H]1C[C@H](F)[C@@H](CO)O1. The molecule has 4 heteroatoms. The van der Waals surface area contributed by atoms with Gasteiger partial charge < -0.3 is 14.6 Å².